The summed E-state index contributed by atoms with van der Waals surface area (Å²) < 4.78 is 0.889. The normalized spacial score (nSPS) is 19.3. The van der Waals surface area contributed by atoms with Gasteiger partial charge in [0.1, 0.15) is 0 Å². The van der Waals surface area contributed by atoms with Crippen molar-refractivity contribution in [1.82, 2.24) is 0 Å². The van der Waals surface area contributed by atoms with Crippen LogP contribution in [0.15, 0.2) is 22.7 Å². The summed E-state index contributed by atoms with van der Waals surface area (Å²) in [6.07, 6.45) is 0.683. The van der Waals surface area contributed by atoms with Crippen molar-refractivity contribution in [1.29, 1.82) is 0 Å². The first-order valence-corrected chi connectivity index (χ1v) is 6.13. The zero-order valence-corrected chi connectivity index (χ0v) is 10.4. The number of benzene rings is 1. The van der Waals surface area contributed by atoms with Gasteiger partial charge in [-0.1, -0.05) is 31.9 Å². The van der Waals surface area contributed by atoms with E-state index in [0.717, 1.165) is 21.8 Å². The lowest BCUT2D eigenvalue weighted by Gasteiger charge is -1.99. The second-order valence-corrected chi connectivity index (χ2v) is 4.74. The van der Waals surface area contributed by atoms with Gasteiger partial charge in [-0.2, -0.15) is 0 Å². The Kier molecular flexibility index (Phi) is 2.88. The first-order valence-electron chi connectivity index (χ1n) is 4.22. The van der Waals surface area contributed by atoms with Gasteiger partial charge in [-0.3, -0.25) is 0 Å². The summed E-state index contributed by atoms with van der Waals surface area (Å²) in [5.74, 6) is 0. The van der Waals surface area contributed by atoms with Crippen molar-refractivity contribution in [3.8, 4) is 0 Å². The van der Waals surface area contributed by atoms with E-state index in [1.54, 1.807) is 6.07 Å². The molecule has 14 heavy (non-hydrogen) atoms. The number of halogens is 2. The zero-order chi connectivity index (χ0) is 10.1. The highest BCUT2D eigenvalue weighted by atomic mass is 79.9. The average Bonchev–Trinajstić information content (AvgIpc) is 2.44. The molecule has 2 rings (SSSR count). The van der Waals surface area contributed by atoms with Crippen molar-refractivity contribution in [2.24, 2.45) is 0 Å². The molecule has 0 N–H and O–H groups in total. The molecular formula is C9H8Br2NO2+. The fraction of sp³-hybridized carbons (Fsp3) is 0.333. The number of nitrogens with zero attached hydrogens (tertiary/aromatic N) is 1. The first-order chi connectivity index (χ1) is 6.72. The average molecular weight is 322 g/mol. The molecule has 0 bridgehead atoms. The van der Waals surface area contributed by atoms with Crippen LogP contribution in [0.25, 0.3) is 0 Å². The van der Waals surface area contributed by atoms with Crippen molar-refractivity contribution in [3.05, 3.63) is 33.1 Å². The van der Waals surface area contributed by atoms with Crippen LogP contribution >= 0.6 is 31.9 Å². The Balaban J connectivity index is 2.39. The van der Waals surface area contributed by atoms with Crippen molar-refractivity contribution in [2.75, 3.05) is 5.33 Å². The van der Waals surface area contributed by atoms with Crippen LogP contribution in [-0.2, 0) is 4.84 Å². The van der Waals surface area contributed by atoms with E-state index in [2.05, 4.69) is 31.9 Å². The van der Waals surface area contributed by atoms with E-state index in [0.29, 0.717) is 10.6 Å². The highest BCUT2D eigenvalue weighted by Gasteiger charge is 2.39. The van der Waals surface area contributed by atoms with Gasteiger partial charge in [-0.25, -0.2) is 4.84 Å². The predicted octanol–water partition coefficient (Wildman–Crippen LogP) is 3.63. The molecule has 74 valence electrons. The molecule has 0 amide bonds. The SMILES string of the molecule is O=[N+]1OC(CCBr)c2ccc(Br)cc21. The highest BCUT2D eigenvalue weighted by molar-refractivity contribution is 9.10. The van der Waals surface area contributed by atoms with E-state index in [4.69, 9.17) is 4.84 Å². The molecule has 1 aliphatic rings. The van der Waals surface area contributed by atoms with Crippen LogP contribution in [0.5, 0.6) is 0 Å². The maximum absolute atomic E-state index is 11.4. The van der Waals surface area contributed by atoms with Crippen LogP contribution < -0.4 is 0 Å². The summed E-state index contributed by atoms with van der Waals surface area (Å²) in [6.45, 7) is 0. The summed E-state index contributed by atoms with van der Waals surface area (Å²) in [6, 6.07) is 5.61. The lowest BCUT2D eigenvalue weighted by atomic mass is 10.1. The van der Waals surface area contributed by atoms with Gasteiger partial charge in [-0.15, -0.1) is 0 Å². The van der Waals surface area contributed by atoms with Gasteiger partial charge in [0.2, 0.25) is 6.10 Å². The molecule has 1 atom stereocenters. The third-order valence-electron chi connectivity index (χ3n) is 2.13. The van der Waals surface area contributed by atoms with Crippen molar-refractivity contribution < 1.29 is 9.76 Å². The largest absolute Gasteiger partial charge is 0.325 e. The number of rotatable bonds is 2. The van der Waals surface area contributed by atoms with Gasteiger partial charge in [0, 0.05) is 22.3 Å². The number of alkyl halides is 1. The Labute approximate surface area is 98.2 Å². The van der Waals surface area contributed by atoms with Gasteiger partial charge >= 0.3 is 5.69 Å². The molecule has 1 aromatic rings. The summed E-state index contributed by atoms with van der Waals surface area (Å²) in [5.41, 5.74) is 1.56. The maximum atomic E-state index is 11.4. The molecule has 0 aromatic heterocycles. The molecule has 0 saturated carbocycles. The summed E-state index contributed by atoms with van der Waals surface area (Å²) >= 11 is 6.66. The summed E-state index contributed by atoms with van der Waals surface area (Å²) in [5, 5.41) is 0.820. The van der Waals surface area contributed by atoms with E-state index in [9.17, 15) is 4.91 Å². The summed E-state index contributed by atoms with van der Waals surface area (Å²) in [7, 11) is 0. The Morgan fingerprint density at radius 2 is 2.29 bits per heavy atom. The Morgan fingerprint density at radius 3 is 3.00 bits per heavy atom. The second-order valence-electron chi connectivity index (χ2n) is 3.03. The molecule has 0 fully saturated rings. The second kappa shape index (κ2) is 3.98. The van der Waals surface area contributed by atoms with Gasteiger partial charge in [0.15, 0.2) is 0 Å². The van der Waals surface area contributed by atoms with Gasteiger partial charge in [0.25, 0.3) is 4.92 Å². The molecule has 5 heteroatoms. The molecular weight excluding hydrogens is 314 g/mol. The standard InChI is InChI=1S/C9H8Br2NO2/c10-4-3-9-7-2-1-6(11)5-8(7)12(13)14-9/h1-2,5,9H,3-4H2/q+1. The molecule has 1 heterocycles. The Hall–Kier alpha value is -0.420. The predicted molar refractivity (Wildman–Crippen MR) is 59.7 cm³/mol. The number of hydrogen-bond acceptors (Lipinski definition) is 2. The van der Waals surface area contributed by atoms with Gasteiger partial charge < -0.3 is 0 Å². The van der Waals surface area contributed by atoms with Crippen LogP contribution in [0.1, 0.15) is 18.1 Å². The monoisotopic (exact) mass is 320 g/mol. The van der Waals surface area contributed by atoms with Crippen LogP contribution in [0.4, 0.5) is 5.69 Å². The number of fused-ring (bicyclic) bond motifs is 1. The third-order valence-corrected chi connectivity index (χ3v) is 3.08. The Morgan fingerprint density at radius 1 is 1.50 bits per heavy atom. The van der Waals surface area contributed by atoms with E-state index < -0.39 is 0 Å². The molecule has 0 spiro atoms. The topological polar surface area (TPSA) is 29.3 Å². The molecule has 3 nitrogen and oxygen atoms in total. The molecule has 1 aliphatic heterocycles. The molecule has 0 saturated heterocycles. The third kappa shape index (κ3) is 1.70. The fourth-order valence-corrected chi connectivity index (χ4v) is 2.25. The lowest BCUT2D eigenvalue weighted by Crippen LogP contribution is -1.99. The highest BCUT2D eigenvalue weighted by Crippen LogP contribution is 2.39. The van der Waals surface area contributed by atoms with Gasteiger partial charge in [0.05, 0.1) is 10.5 Å². The Bertz CT molecular complexity index is 381. The van der Waals surface area contributed by atoms with Gasteiger partial charge in [-0.05, 0) is 12.1 Å². The van der Waals surface area contributed by atoms with E-state index in [-0.39, 0.29) is 6.10 Å². The first kappa shape index (κ1) is 10.1. The fourth-order valence-electron chi connectivity index (χ4n) is 1.48. The van der Waals surface area contributed by atoms with E-state index in [1.807, 2.05) is 12.1 Å². The molecule has 1 unspecified atom stereocenters. The maximum Gasteiger partial charge on any atom is 0.325 e. The molecule has 1 aromatic carbocycles. The van der Waals surface area contributed by atoms with Crippen LogP contribution in [0.3, 0.4) is 0 Å². The van der Waals surface area contributed by atoms with E-state index >= 15 is 0 Å². The van der Waals surface area contributed by atoms with Crippen LogP contribution in [0.2, 0.25) is 0 Å². The zero-order valence-electron chi connectivity index (χ0n) is 7.24. The molecule has 0 aliphatic carbocycles. The lowest BCUT2D eigenvalue weighted by molar-refractivity contribution is -0.745. The number of hydrogen-bond donors (Lipinski definition) is 0. The van der Waals surface area contributed by atoms with Crippen LogP contribution in [-0.4, -0.2) is 10.3 Å². The van der Waals surface area contributed by atoms with Crippen LogP contribution in [0, 0.1) is 4.91 Å². The van der Waals surface area contributed by atoms with Crippen molar-refractivity contribution in [2.45, 2.75) is 12.5 Å². The van der Waals surface area contributed by atoms with Crippen molar-refractivity contribution in [3.63, 3.8) is 0 Å². The van der Waals surface area contributed by atoms with Crippen molar-refractivity contribution >= 4 is 37.5 Å². The minimum Gasteiger partial charge on any atom is -0.218 e. The minimum atomic E-state index is -0.116. The minimum absolute atomic E-state index is 0.116. The summed E-state index contributed by atoms with van der Waals surface area (Å²) in [4.78, 5) is 17.1. The van der Waals surface area contributed by atoms with E-state index in [1.165, 1.54) is 0 Å². The smallest absolute Gasteiger partial charge is 0.218 e. The molecule has 0 radical (unpaired) electrons. The quantitative estimate of drug-likeness (QED) is 0.778.